The van der Waals surface area contributed by atoms with Crippen LogP contribution in [0.15, 0.2) is 12.1 Å². The topological polar surface area (TPSA) is 150 Å². The van der Waals surface area contributed by atoms with Gasteiger partial charge in [-0.3, -0.25) is 10.1 Å². The molecule has 0 radical (unpaired) electrons. The highest BCUT2D eigenvalue weighted by molar-refractivity contribution is 8.77. The first-order valence-electron chi connectivity index (χ1n) is 9.19. The van der Waals surface area contributed by atoms with Gasteiger partial charge in [0.1, 0.15) is 18.7 Å². The van der Waals surface area contributed by atoms with E-state index < -0.39 is 36.2 Å². The number of methoxy groups -OCH3 is 2. The predicted octanol–water partition coefficient (Wildman–Crippen LogP) is 3.45. The number of nitrogens with one attached hydrogen (secondary N) is 1. The lowest BCUT2D eigenvalue weighted by Gasteiger charge is -2.20. The summed E-state index contributed by atoms with van der Waals surface area (Å²) in [6.07, 6.45) is -0.977. The lowest BCUT2D eigenvalue weighted by Crippen LogP contribution is -2.43. The summed E-state index contributed by atoms with van der Waals surface area (Å²) >= 11 is 0. The molecule has 1 N–H and O–H groups in total. The highest BCUT2D eigenvalue weighted by atomic mass is 33.1. The second-order valence-corrected chi connectivity index (χ2v) is 10.3. The maximum atomic E-state index is 12.3. The quantitative estimate of drug-likeness (QED) is 0.211. The second-order valence-electron chi connectivity index (χ2n) is 7.11. The zero-order valence-corrected chi connectivity index (χ0v) is 20.0. The summed E-state index contributed by atoms with van der Waals surface area (Å²) in [6.45, 7) is 5.07. The molecule has 1 amide bonds. The first kappa shape index (κ1) is 27.2. The molecule has 32 heavy (non-hydrogen) atoms. The molecular weight excluding hydrogens is 462 g/mol. The first-order valence-corrected chi connectivity index (χ1v) is 11.5. The Balaban J connectivity index is 2.88. The number of nitro benzene ring substituents is 1. The third-order valence-corrected chi connectivity index (χ3v) is 6.89. The van der Waals surface area contributed by atoms with E-state index in [9.17, 15) is 19.7 Å². The number of hydrogen-bond acceptors (Lipinski definition) is 11. The Labute approximate surface area is 193 Å². The zero-order chi connectivity index (χ0) is 24.3. The van der Waals surface area contributed by atoms with Gasteiger partial charge in [0.05, 0.1) is 30.8 Å². The number of nitro groups is 1. The number of nitrogens with zero attached hydrogens (tertiary/aromatic N) is 2. The summed E-state index contributed by atoms with van der Waals surface area (Å²) in [5.74, 6) is -0.244. The van der Waals surface area contributed by atoms with Crippen LogP contribution < -0.4 is 14.8 Å². The van der Waals surface area contributed by atoms with Gasteiger partial charge in [-0.15, -0.1) is 0 Å². The molecule has 11 nitrogen and oxygen atoms in total. The van der Waals surface area contributed by atoms with Crippen molar-refractivity contribution in [3.05, 3.63) is 27.8 Å². The van der Waals surface area contributed by atoms with Crippen molar-refractivity contribution >= 4 is 39.3 Å². The van der Waals surface area contributed by atoms with Crippen molar-refractivity contribution in [3.63, 3.8) is 0 Å². The molecule has 1 rings (SSSR count). The molecule has 0 aromatic heterocycles. The van der Waals surface area contributed by atoms with E-state index in [1.165, 1.54) is 41.9 Å². The number of alkyl carbamates (subject to hydrolysis) is 1. The number of amides is 1. The van der Waals surface area contributed by atoms with Gasteiger partial charge in [-0.1, -0.05) is 42.4 Å². The number of nitriles is 1. The minimum absolute atomic E-state index is 0.0732. The number of hydrogen-bond donors (Lipinski definition) is 1. The van der Waals surface area contributed by atoms with Gasteiger partial charge >= 0.3 is 12.1 Å². The Morgan fingerprint density at radius 3 is 2.38 bits per heavy atom. The molecule has 0 unspecified atom stereocenters. The van der Waals surface area contributed by atoms with Crippen LogP contribution in [0.1, 0.15) is 26.3 Å². The molecule has 176 valence electrons. The maximum absolute atomic E-state index is 12.3. The molecule has 13 heteroatoms. The normalized spacial score (nSPS) is 11.6. The molecule has 0 aliphatic rings. The molecule has 0 fully saturated rings. The molecule has 0 saturated carbocycles. The van der Waals surface area contributed by atoms with Gasteiger partial charge < -0.3 is 24.3 Å². The minimum atomic E-state index is -1.07. The molecule has 0 aliphatic carbocycles. The van der Waals surface area contributed by atoms with Crippen LogP contribution in [0.5, 0.6) is 11.5 Å². The smallest absolute Gasteiger partial charge is 0.408 e. The summed E-state index contributed by atoms with van der Waals surface area (Å²) in [5.41, 5.74) is -0.248. The van der Waals surface area contributed by atoms with Crippen molar-refractivity contribution in [1.29, 1.82) is 5.26 Å². The highest BCUT2D eigenvalue weighted by Gasteiger charge is 2.26. The predicted molar refractivity (Wildman–Crippen MR) is 120 cm³/mol. The third-order valence-electron chi connectivity index (χ3n) is 3.54. The molecule has 0 saturated heterocycles. The van der Waals surface area contributed by atoms with Gasteiger partial charge in [0.15, 0.2) is 18.1 Å². The largest absolute Gasteiger partial charge is 0.493 e. The van der Waals surface area contributed by atoms with E-state index in [-0.39, 0.29) is 33.2 Å². The lowest BCUT2D eigenvalue weighted by molar-refractivity contribution is -0.385. The second kappa shape index (κ2) is 12.9. The number of carbonyl (C=O) groups is 2. The standard InChI is InChI=1S/C19H25N3O8S2/c1-19(2,3)32-31-11-13(17(23)29-7-6-20)21-18(24)30-10-12-8-15(27-4)16(28-5)9-14(12)22(25)26/h8-9,13H,7,10-11H2,1-5H3,(H,21,24)/t13-/m0/s1. The Morgan fingerprint density at radius 2 is 1.84 bits per heavy atom. The summed E-state index contributed by atoms with van der Waals surface area (Å²) in [4.78, 5) is 35.2. The molecular formula is C19H25N3O8S2. The summed E-state index contributed by atoms with van der Waals surface area (Å²) in [6, 6.07) is 3.11. The number of benzene rings is 1. The van der Waals surface area contributed by atoms with Crippen LogP contribution >= 0.6 is 21.6 Å². The monoisotopic (exact) mass is 487 g/mol. The van der Waals surface area contributed by atoms with E-state index in [4.69, 9.17) is 24.2 Å². The van der Waals surface area contributed by atoms with Gasteiger partial charge in [0.25, 0.3) is 5.69 Å². The fourth-order valence-electron chi connectivity index (χ4n) is 2.17. The maximum Gasteiger partial charge on any atom is 0.408 e. The van der Waals surface area contributed by atoms with Crippen molar-refractivity contribution < 1.29 is 33.5 Å². The first-order chi connectivity index (χ1) is 15.0. The Hall–Kier alpha value is -2.85. The average Bonchev–Trinajstić information content (AvgIpc) is 2.73. The summed E-state index contributed by atoms with van der Waals surface area (Å²) in [7, 11) is 5.56. The van der Waals surface area contributed by atoms with Crippen LogP contribution in [0.25, 0.3) is 0 Å². The fraction of sp³-hybridized carbons (Fsp3) is 0.526. The SMILES string of the molecule is COc1cc(COC(=O)N[C@@H](CSSC(C)(C)C)C(=O)OCC#N)c([N+](=O)[O-])cc1OC. The molecule has 1 atom stereocenters. The molecule has 0 heterocycles. The molecule has 0 spiro atoms. The Morgan fingerprint density at radius 1 is 1.22 bits per heavy atom. The van der Waals surface area contributed by atoms with Crippen LogP contribution in [0.2, 0.25) is 0 Å². The summed E-state index contributed by atoms with van der Waals surface area (Å²) < 4.78 is 20.0. The van der Waals surface area contributed by atoms with Crippen molar-refractivity contribution in [1.82, 2.24) is 5.32 Å². The Kier molecular flexibility index (Phi) is 10.9. The van der Waals surface area contributed by atoms with Crippen molar-refractivity contribution in [3.8, 4) is 17.6 Å². The lowest BCUT2D eigenvalue weighted by atomic mass is 10.1. The minimum Gasteiger partial charge on any atom is -0.493 e. The van der Waals surface area contributed by atoms with Crippen LogP contribution in [0.3, 0.4) is 0 Å². The van der Waals surface area contributed by atoms with Gasteiger partial charge in [-0.2, -0.15) is 5.26 Å². The van der Waals surface area contributed by atoms with E-state index in [2.05, 4.69) is 5.32 Å². The van der Waals surface area contributed by atoms with E-state index in [0.717, 1.165) is 6.07 Å². The Bertz CT molecular complexity index is 867. The van der Waals surface area contributed by atoms with E-state index in [1.54, 1.807) is 6.07 Å². The number of rotatable bonds is 11. The van der Waals surface area contributed by atoms with Gasteiger partial charge in [0, 0.05) is 10.5 Å². The summed E-state index contributed by atoms with van der Waals surface area (Å²) in [5, 5.41) is 22.3. The van der Waals surface area contributed by atoms with Gasteiger partial charge in [-0.05, 0) is 6.07 Å². The van der Waals surface area contributed by atoms with E-state index >= 15 is 0 Å². The van der Waals surface area contributed by atoms with Crippen LogP contribution in [0.4, 0.5) is 10.5 Å². The van der Waals surface area contributed by atoms with E-state index in [0.29, 0.717) is 0 Å². The van der Waals surface area contributed by atoms with Gasteiger partial charge in [0.2, 0.25) is 0 Å². The molecule has 0 aliphatic heterocycles. The van der Waals surface area contributed by atoms with Crippen LogP contribution in [-0.4, -0.2) is 54.4 Å². The van der Waals surface area contributed by atoms with E-state index in [1.807, 2.05) is 20.8 Å². The molecule has 1 aromatic carbocycles. The third kappa shape index (κ3) is 9.11. The highest BCUT2D eigenvalue weighted by Crippen LogP contribution is 2.36. The zero-order valence-electron chi connectivity index (χ0n) is 18.3. The number of esters is 1. The van der Waals surface area contributed by atoms with Crippen LogP contribution in [-0.2, 0) is 20.9 Å². The van der Waals surface area contributed by atoms with Crippen molar-refractivity contribution in [2.24, 2.45) is 0 Å². The molecule has 0 bridgehead atoms. The van der Waals surface area contributed by atoms with Gasteiger partial charge in [-0.25, -0.2) is 9.59 Å². The van der Waals surface area contributed by atoms with Crippen molar-refractivity contribution in [2.45, 2.75) is 38.2 Å². The average molecular weight is 488 g/mol. The molecule has 1 aromatic rings. The van der Waals surface area contributed by atoms with Crippen LogP contribution in [0, 0.1) is 21.4 Å². The number of carbonyl (C=O) groups excluding carboxylic acids is 2. The number of ether oxygens (including phenoxy) is 4. The van der Waals surface area contributed by atoms with Crippen molar-refractivity contribution in [2.75, 3.05) is 26.6 Å². The fourth-order valence-corrected chi connectivity index (χ4v) is 4.62.